The van der Waals surface area contributed by atoms with Gasteiger partial charge < -0.3 is 10.1 Å². The number of nitrogens with zero attached hydrogens (tertiary/aromatic N) is 1. The highest BCUT2D eigenvalue weighted by atomic mass is 16.5. The molecule has 56 heavy (non-hydrogen) atoms. The van der Waals surface area contributed by atoms with Crippen molar-refractivity contribution in [3.8, 4) is 16.9 Å². The molecule has 1 N–H and O–H groups in total. The Morgan fingerprint density at radius 3 is 2.23 bits per heavy atom. The monoisotopic (exact) mass is 722 g/mol. The van der Waals surface area contributed by atoms with E-state index in [4.69, 9.17) is 9.73 Å². The van der Waals surface area contributed by atoms with Gasteiger partial charge in [0.15, 0.2) is 0 Å². The molecule has 1 heterocycles. The van der Waals surface area contributed by atoms with Crippen LogP contribution in [0.4, 0.5) is 0 Å². The Hall–Kier alpha value is -6.97. The average molecular weight is 723 g/mol. The van der Waals surface area contributed by atoms with Gasteiger partial charge >= 0.3 is 0 Å². The van der Waals surface area contributed by atoms with Crippen LogP contribution >= 0.6 is 0 Å². The minimum atomic E-state index is -0.578. The molecular formula is C53H42N2O. The van der Waals surface area contributed by atoms with Crippen LogP contribution in [0.1, 0.15) is 46.7 Å². The Labute approximate surface area is 329 Å². The number of benzene rings is 7. The molecule has 0 aromatic heterocycles. The molecule has 3 nitrogen and oxygen atoms in total. The molecule has 1 aliphatic heterocycles. The van der Waals surface area contributed by atoms with Gasteiger partial charge in [-0.3, -0.25) is 0 Å². The van der Waals surface area contributed by atoms with Crippen LogP contribution in [0.15, 0.2) is 217 Å². The van der Waals surface area contributed by atoms with Crippen LogP contribution in [0.5, 0.6) is 5.75 Å². The number of para-hydroxylation sites is 1. The number of fused-ring (bicyclic) bond motifs is 3. The van der Waals surface area contributed by atoms with Gasteiger partial charge in [0, 0.05) is 28.8 Å². The molecule has 2 aliphatic rings. The predicted molar refractivity (Wildman–Crippen MR) is 234 cm³/mol. The van der Waals surface area contributed by atoms with E-state index >= 15 is 0 Å². The zero-order valence-corrected chi connectivity index (χ0v) is 31.4. The van der Waals surface area contributed by atoms with Gasteiger partial charge in [-0.1, -0.05) is 195 Å². The van der Waals surface area contributed by atoms with Crippen molar-refractivity contribution in [2.45, 2.75) is 24.9 Å². The molecule has 0 spiro atoms. The molecular weight excluding hydrogens is 681 g/mol. The zero-order valence-electron chi connectivity index (χ0n) is 31.4. The van der Waals surface area contributed by atoms with Gasteiger partial charge in [-0.05, 0) is 63.2 Å². The number of hydrogen-bond donors (Lipinski definition) is 1. The van der Waals surface area contributed by atoms with Crippen LogP contribution < -0.4 is 10.1 Å². The third kappa shape index (κ3) is 6.18. The Kier molecular flexibility index (Phi) is 9.34. The third-order valence-electron chi connectivity index (χ3n) is 11.0. The molecule has 0 radical (unpaired) electrons. The van der Waals surface area contributed by atoms with Crippen LogP contribution in [0.25, 0.3) is 33.3 Å². The number of aliphatic imine (C=N–C) groups is 1. The van der Waals surface area contributed by atoms with Crippen molar-refractivity contribution in [2.24, 2.45) is 4.99 Å². The van der Waals surface area contributed by atoms with Gasteiger partial charge in [-0.25, -0.2) is 4.99 Å². The van der Waals surface area contributed by atoms with E-state index in [-0.39, 0.29) is 6.10 Å². The fraction of sp³-hybridized carbons (Fsp3) is 0.0755. The summed E-state index contributed by atoms with van der Waals surface area (Å²) in [6.07, 6.45) is 9.48. The number of hydrogen-bond acceptors (Lipinski definition) is 2. The topological polar surface area (TPSA) is 33.6 Å². The molecule has 0 amide bonds. The Bertz CT molecular complexity index is 2700. The van der Waals surface area contributed by atoms with E-state index in [0.29, 0.717) is 0 Å². The largest absolute Gasteiger partial charge is 0.485 e. The minimum Gasteiger partial charge on any atom is -0.485 e. The maximum Gasteiger partial charge on any atom is 0.138 e. The van der Waals surface area contributed by atoms with E-state index in [2.05, 4.69) is 194 Å². The number of nitrogens with one attached hydrogen (secondary N) is 1. The van der Waals surface area contributed by atoms with E-state index in [1.54, 1.807) is 0 Å². The third-order valence-corrected chi connectivity index (χ3v) is 11.0. The second-order valence-corrected chi connectivity index (χ2v) is 14.3. The summed E-state index contributed by atoms with van der Waals surface area (Å²) >= 11 is 0. The molecule has 1 aliphatic carbocycles. The molecule has 0 bridgehead atoms. The summed E-state index contributed by atoms with van der Waals surface area (Å²) in [6.45, 7) is 6.63. The molecule has 0 fully saturated rings. The fourth-order valence-electron chi connectivity index (χ4n) is 8.50. The lowest BCUT2D eigenvalue weighted by Crippen LogP contribution is -2.44. The first kappa shape index (κ1) is 34.8. The van der Waals surface area contributed by atoms with E-state index in [1.807, 2.05) is 25.1 Å². The van der Waals surface area contributed by atoms with Gasteiger partial charge in [-0.15, -0.1) is 0 Å². The Morgan fingerprint density at radius 1 is 0.714 bits per heavy atom. The molecule has 7 aromatic carbocycles. The molecule has 0 saturated carbocycles. The molecule has 3 heteroatoms. The van der Waals surface area contributed by atoms with Crippen molar-refractivity contribution < 1.29 is 4.74 Å². The fourth-order valence-corrected chi connectivity index (χ4v) is 8.50. The molecule has 2 unspecified atom stereocenters. The SMILES string of the molecule is C=C(NC(=N/C(=C\C)c1cccc2ccccc12)c1ccccc1)c1cccc(-c2ccccc2C2(c3ccccc3)C3=CC=CCC3Oc3ccccc32)c1. The maximum atomic E-state index is 6.73. The van der Waals surface area contributed by atoms with Gasteiger partial charge in [0.2, 0.25) is 0 Å². The van der Waals surface area contributed by atoms with Crippen molar-refractivity contribution >= 4 is 28.0 Å². The van der Waals surface area contributed by atoms with Gasteiger partial charge in [0.05, 0.1) is 11.1 Å². The molecule has 0 saturated heterocycles. The lowest BCUT2D eigenvalue weighted by atomic mass is 9.59. The van der Waals surface area contributed by atoms with Crippen LogP contribution in [0.2, 0.25) is 0 Å². The summed E-state index contributed by atoms with van der Waals surface area (Å²) < 4.78 is 6.73. The lowest BCUT2D eigenvalue weighted by molar-refractivity contribution is 0.204. The summed E-state index contributed by atoms with van der Waals surface area (Å²) in [6, 6.07) is 62.1. The summed E-state index contributed by atoms with van der Waals surface area (Å²) in [5, 5.41) is 6.00. The van der Waals surface area contributed by atoms with E-state index < -0.39 is 5.41 Å². The summed E-state index contributed by atoms with van der Waals surface area (Å²) in [5.74, 6) is 1.65. The maximum absolute atomic E-state index is 6.73. The van der Waals surface area contributed by atoms with Crippen LogP contribution in [-0.4, -0.2) is 11.9 Å². The van der Waals surface area contributed by atoms with Crippen LogP contribution in [0, 0.1) is 0 Å². The first-order valence-electron chi connectivity index (χ1n) is 19.3. The second kappa shape index (κ2) is 15.0. The lowest BCUT2D eigenvalue weighted by Gasteiger charge is -2.47. The highest BCUT2D eigenvalue weighted by Gasteiger charge is 2.49. The zero-order chi connectivity index (χ0) is 37.9. The first-order chi connectivity index (χ1) is 27.6. The molecule has 2 atom stereocenters. The summed E-state index contributed by atoms with van der Waals surface area (Å²) in [7, 11) is 0. The van der Waals surface area contributed by atoms with Gasteiger partial charge in [0.1, 0.15) is 17.7 Å². The van der Waals surface area contributed by atoms with Crippen molar-refractivity contribution in [3.05, 3.63) is 246 Å². The van der Waals surface area contributed by atoms with E-state index in [1.165, 1.54) is 22.1 Å². The van der Waals surface area contributed by atoms with Crippen molar-refractivity contribution in [2.75, 3.05) is 0 Å². The minimum absolute atomic E-state index is 0.0786. The normalized spacial score (nSPS) is 17.7. The van der Waals surface area contributed by atoms with Crippen LogP contribution in [0.3, 0.4) is 0 Å². The van der Waals surface area contributed by atoms with Gasteiger partial charge in [-0.2, -0.15) is 0 Å². The number of ether oxygens (including phenoxy) is 1. The molecule has 9 rings (SSSR count). The van der Waals surface area contributed by atoms with E-state index in [0.717, 1.165) is 68.2 Å². The van der Waals surface area contributed by atoms with Gasteiger partial charge in [0.25, 0.3) is 0 Å². The first-order valence-corrected chi connectivity index (χ1v) is 19.3. The quantitative estimate of drug-likeness (QED) is 0.125. The second-order valence-electron chi connectivity index (χ2n) is 14.3. The average Bonchev–Trinajstić information content (AvgIpc) is 3.27. The van der Waals surface area contributed by atoms with Crippen molar-refractivity contribution in [3.63, 3.8) is 0 Å². The van der Waals surface area contributed by atoms with Crippen molar-refractivity contribution in [1.29, 1.82) is 0 Å². The standard InChI is InChI=1S/C53H42N2O/c1-3-49(45-30-19-23-38-20-10-11-28-43(38)45)55-52(39-21-6-4-7-22-39)54-37(2)40-24-18-25-41(36-40)44-29-12-13-31-46(44)53(42-26-8-5-9-27-42)47-32-14-16-34-50(47)56-51-35-17-15-33-48(51)53/h3-34,36,51H,2,35H2,1H3,(H,54,55)/b49-3-. The number of rotatable bonds is 8. The molecule has 7 aromatic rings. The Balaban J connectivity index is 1.15. The Morgan fingerprint density at radius 2 is 1.39 bits per heavy atom. The summed E-state index contributed by atoms with van der Waals surface area (Å²) in [4.78, 5) is 5.29. The highest BCUT2D eigenvalue weighted by molar-refractivity contribution is 6.07. The number of allylic oxidation sites excluding steroid dienone is 3. The predicted octanol–water partition coefficient (Wildman–Crippen LogP) is 12.6. The van der Waals surface area contributed by atoms with Crippen molar-refractivity contribution in [1.82, 2.24) is 5.32 Å². The smallest absolute Gasteiger partial charge is 0.138 e. The molecule has 270 valence electrons. The highest BCUT2D eigenvalue weighted by Crippen LogP contribution is 2.56. The number of amidine groups is 1. The van der Waals surface area contributed by atoms with E-state index in [9.17, 15) is 0 Å². The van der Waals surface area contributed by atoms with Crippen LogP contribution in [-0.2, 0) is 5.41 Å². The summed E-state index contributed by atoms with van der Waals surface area (Å²) in [5.41, 5.74) is 11.2.